The van der Waals surface area contributed by atoms with Crippen LogP contribution in [0.25, 0.3) is 17.2 Å². The van der Waals surface area contributed by atoms with E-state index in [0.29, 0.717) is 41.2 Å². The number of amides is 1. The third-order valence-electron chi connectivity index (χ3n) is 7.48. The second kappa shape index (κ2) is 10.1. The maximum Gasteiger partial charge on any atom is 0.259 e. The Bertz CT molecular complexity index is 1810. The van der Waals surface area contributed by atoms with Gasteiger partial charge in [0.05, 0.1) is 47.9 Å². The first-order valence-electron chi connectivity index (χ1n) is 13.7. The van der Waals surface area contributed by atoms with Gasteiger partial charge in [-0.1, -0.05) is 6.07 Å². The molecule has 0 saturated heterocycles. The number of hydrogen-bond donors (Lipinski definition) is 1. The van der Waals surface area contributed by atoms with Gasteiger partial charge in [-0.2, -0.15) is 0 Å². The number of benzene rings is 1. The Labute approximate surface area is 239 Å². The van der Waals surface area contributed by atoms with Gasteiger partial charge in [0.25, 0.3) is 5.91 Å². The number of aromatic nitrogens is 8. The Morgan fingerprint density at radius 3 is 2.62 bits per heavy atom. The third kappa shape index (κ3) is 4.66. The molecule has 11 nitrogen and oxygen atoms in total. The van der Waals surface area contributed by atoms with Crippen molar-refractivity contribution in [3.8, 4) is 17.2 Å². The zero-order chi connectivity index (χ0) is 29.0. The summed E-state index contributed by atoms with van der Waals surface area (Å²) < 4.78 is 32.9. The van der Waals surface area contributed by atoms with E-state index in [1.54, 1.807) is 30.9 Å². The number of halogens is 2. The number of anilines is 2. The van der Waals surface area contributed by atoms with Gasteiger partial charge in [0, 0.05) is 18.5 Å². The van der Waals surface area contributed by atoms with E-state index in [1.807, 2.05) is 27.9 Å². The monoisotopic (exact) mass is 568 g/mol. The molecule has 0 atom stereocenters. The summed E-state index contributed by atoms with van der Waals surface area (Å²) >= 11 is 0. The van der Waals surface area contributed by atoms with Crippen molar-refractivity contribution < 1.29 is 13.6 Å². The Hall–Kier alpha value is -5.07. The smallest absolute Gasteiger partial charge is 0.259 e. The van der Waals surface area contributed by atoms with Crippen LogP contribution in [0.2, 0.25) is 0 Å². The lowest BCUT2D eigenvalue weighted by Crippen LogP contribution is -2.24. The summed E-state index contributed by atoms with van der Waals surface area (Å²) in [5.41, 5.74) is 3.51. The zero-order valence-corrected chi connectivity index (χ0v) is 22.9. The fraction of sp³-hybridized carbons (Fsp3) is 0.276. The van der Waals surface area contributed by atoms with Crippen molar-refractivity contribution >= 4 is 17.7 Å². The molecule has 0 radical (unpaired) electrons. The number of rotatable bonds is 6. The molecule has 7 rings (SSSR count). The molecule has 42 heavy (non-hydrogen) atoms. The second-order valence-electron chi connectivity index (χ2n) is 10.8. The van der Waals surface area contributed by atoms with Crippen LogP contribution in [0.5, 0.6) is 0 Å². The molecule has 1 aliphatic heterocycles. The lowest BCUT2D eigenvalue weighted by Gasteiger charge is -2.21. The highest BCUT2D eigenvalue weighted by molar-refractivity contribution is 6.04. The van der Waals surface area contributed by atoms with Crippen LogP contribution < -0.4 is 10.2 Å². The molecule has 4 aromatic heterocycles. The predicted molar refractivity (Wildman–Crippen MR) is 149 cm³/mol. The number of carbonyl (C=O) groups is 1. The van der Waals surface area contributed by atoms with E-state index in [0.717, 1.165) is 36.6 Å². The maximum absolute atomic E-state index is 15.6. The van der Waals surface area contributed by atoms with Gasteiger partial charge >= 0.3 is 0 Å². The lowest BCUT2D eigenvalue weighted by atomic mass is 10.1. The van der Waals surface area contributed by atoms with Crippen LogP contribution in [-0.2, 0) is 13.1 Å². The summed E-state index contributed by atoms with van der Waals surface area (Å²) in [5.74, 6) is -0.385. The van der Waals surface area contributed by atoms with E-state index in [2.05, 4.69) is 35.5 Å². The molecule has 212 valence electrons. The van der Waals surface area contributed by atoms with Gasteiger partial charge in [-0.25, -0.2) is 28.7 Å². The third-order valence-corrected chi connectivity index (χ3v) is 7.48. The van der Waals surface area contributed by atoms with Crippen molar-refractivity contribution in [2.75, 3.05) is 10.2 Å². The first-order valence-corrected chi connectivity index (χ1v) is 13.7. The number of carbonyl (C=O) groups excluding carboxylic acids is 1. The Balaban J connectivity index is 1.24. The first-order chi connectivity index (χ1) is 20.4. The van der Waals surface area contributed by atoms with Crippen LogP contribution >= 0.6 is 0 Å². The number of hydrogen-bond acceptors (Lipinski definition) is 8. The molecule has 1 aliphatic carbocycles. The highest BCUT2D eigenvalue weighted by atomic mass is 19.1. The van der Waals surface area contributed by atoms with E-state index in [4.69, 9.17) is 0 Å². The molecule has 13 heteroatoms. The van der Waals surface area contributed by atoms with Crippen LogP contribution in [0.15, 0.2) is 55.4 Å². The molecule has 0 unspecified atom stereocenters. The minimum Gasteiger partial charge on any atom is -0.331 e. The molecule has 5 heterocycles. The summed E-state index contributed by atoms with van der Waals surface area (Å²) in [6.07, 6.45) is 7.64. The minimum absolute atomic E-state index is 0.114. The number of imidazole rings is 1. The largest absolute Gasteiger partial charge is 0.331 e. The highest BCUT2D eigenvalue weighted by Gasteiger charge is 2.33. The van der Waals surface area contributed by atoms with Gasteiger partial charge in [-0.15, -0.1) is 10.2 Å². The maximum atomic E-state index is 15.6. The fourth-order valence-electron chi connectivity index (χ4n) is 5.25. The fourth-order valence-corrected chi connectivity index (χ4v) is 5.25. The van der Waals surface area contributed by atoms with Crippen molar-refractivity contribution in [1.82, 2.24) is 39.3 Å². The number of nitrogens with one attached hydrogen (secondary N) is 1. The standard InChI is InChI=1S/C29H26F2N10O/c1-16(2)40-15-35-38-27(40)22-4-3-5-25(36-22)37-28(42)20-9-23-18(8-21(20)31)12-39(29-32-10-19(30)11-33-29)13-24-26(17-6-7-17)34-14-41(23)24/h3-5,8-11,14-17H,6-7,12-13H2,1-2H3,(H,36,37,42). The van der Waals surface area contributed by atoms with Crippen LogP contribution in [0.4, 0.5) is 20.5 Å². The second-order valence-corrected chi connectivity index (χ2v) is 10.8. The summed E-state index contributed by atoms with van der Waals surface area (Å²) in [4.78, 5) is 32.8. The molecule has 0 spiro atoms. The normalized spacial score (nSPS) is 14.5. The molecule has 0 bridgehead atoms. The summed E-state index contributed by atoms with van der Waals surface area (Å²) in [6.45, 7) is 4.66. The van der Waals surface area contributed by atoms with E-state index in [-0.39, 0.29) is 24.0 Å². The topological polar surface area (TPSA) is 120 Å². The highest BCUT2D eigenvalue weighted by Crippen LogP contribution is 2.43. The molecule has 5 aromatic rings. The van der Waals surface area contributed by atoms with Crippen molar-refractivity contribution in [2.45, 2.75) is 51.7 Å². The minimum atomic E-state index is -0.687. The van der Waals surface area contributed by atoms with Gasteiger partial charge in [0.2, 0.25) is 5.95 Å². The average Bonchev–Trinajstić information content (AvgIpc) is 3.58. The molecule has 1 aromatic carbocycles. The quantitative estimate of drug-likeness (QED) is 0.310. The Morgan fingerprint density at radius 1 is 1.05 bits per heavy atom. The van der Waals surface area contributed by atoms with Crippen LogP contribution in [0, 0.1) is 11.6 Å². The van der Waals surface area contributed by atoms with E-state index >= 15 is 4.39 Å². The Morgan fingerprint density at radius 2 is 1.86 bits per heavy atom. The summed E-state index contributed by atoms with van der Waals surface area (Å²) in [7, 11) is 0. The van der Waals surface area contributed by atoms with Crippen molar-refractivity contribution in [3.05, 3.63) is 89.5 Å². The van der Waals surface area contributed by atoms with E-state index < -0.39 is 17.5 Å². The van der Waals surface area contributed by atoms with Gasteiger partial charge in [-0.05, 0) is 56.5 Å². The molecular weight excluding hydrogens is 542 g/mol. The van der Waals surface area contributed by atoms with Crippen LogP contribution in [0.3, 0.4) is 0 Å². The predicted octanol–water partition coefficient (Wildman–Crippen LogP) is 4.82. The number of fused-ring (bicyclic) bond motifs is 3. The van der Waals surface area contributed by atoms with Gasteiger partial charge in [0.1, 0.15) is 23.7 Å². The molecule has 2 aliphatic rings. The van der Waals surface area contributed by atoms with Gasteiger partial charge < -0.3 is 19.4 Å². The van der Waals surface area contributed by atoms with E-state index in [1.165, 1.54) is 12.1 Å². The van der Waals surface area contributed by atoms with Crippen LogP contribution in [0.1, 0.15) is 66.0 Å². The molecule has 1 amide bonds. The van der Waals surface area contributed by atoms with Crippen LogP contribution in [-0.4, -0.2) is 45.2 Å². The molecule has 1 saturated carbocycles. The van der Waals surface area contributed by atoms with E-state index in [9.17, 15) is 9.18 Å². The summed E-state index contributed by atoms with van der Waals surface area (Å²) in [6, 6.07) is 8.15. The van der Waals surface area contributed by atoms with Crippen molar-refractivity contribution in [1.29, 1.82) is 0 Å². The summed E-state index contributed by atoms with van der Waals surface area (Å²) in [5, 5.41) is 10.9. The van der Waals surface area contributed by atoms with Crippen molar-refractivity contribution in [3.63, 3.8) is 0 Å². The molecule has 1 fully saturated rings. The molecule has 1 N–H and O–H groups in total. The zero-order valence-electron chi connectivity index (χ0n) is 22.9. The number of nitrogens with zero attached hydrogens (tertiary/aromatic N) is 9. The molecular formula is C29H26F2N10O. The number of pyridine rings is 1. The SMILES string of the molecule is CC(C)n1cnnc1-c1cccc(NC(=O)c2cc3c(cc2F)CN(c2ncc(F)cn2)Cc2c(C4CC4)ncn2-3)n1. The first kappa shape index (κ1) is 25.9. The van der Waals surface area contributed by atoms with Gasteiger partial charge in [0.15, 0.2) is 11.6 Å². The van der Waals surface area contributed by atoms with Crippen molar-refractivity contribution in [2.24, 2.45) is 0 Å². The Kier molecular flexibility index (Phi) is 6.21. The lowest BCUT2D eigenvalue weighted by molar-refractivity contribution is 0.102. The average molecular weight is 569 g/mol. The van der Waals surface area contributed by atoms with Gasteiger partial charge in [-0.3, -0.25) is 4.79 Å².